The van der Waals surface area contributed by atoms with E-state index in [1.807, 2.05) is 20.8 Å². The molecule has 2 unspecified atom stereocenters. The average molecular weight is 846 g/mol. The highest BCUT2D eigenvalue weighted by Gasteiger charge is 2.26. The molecule has 0 aliphatic rings. The van der Waals surface area contributed by atoms with Crippen molar-refractivity contribution < 1.29 is 47.2 Å². The summed E-state index contributed by atoms with van der Waals surface area (Å²) in [6, 6.07) is 0. The smallest absolute Gasteiger partial charge is 0.462 e. The van der Waals surface area contributed by atoms with Crippen LogP contribution in [-0.4, -0.2) is 61.0 Å². The maximum atomic E-state index is 12.7. The second kappa shape index (κ2) is 38.1. The zero-order valence-corrected chi connectivity index (χ0v) is 38.8. The van der Waals surface area contributed by atoms with Gasteiger partial charge in [0.1, 0.15) is 12.4 Å². The summed E-state index contributed by atoms with van der Waals surface area (Å²) in [6.07, 6.45) is 31.4. The van der Waals surface area contributed by atoms with Crippen molar-refractivity contribution in [3.8, 4) is 0 Å². The number of unbranched alkanes of at least 4 members (excludes halogenated alkanes) is 24. The molecule has 0 aromatic carbocycles. The Hall–Kier alpha value is -1.81. The second-order valence-corrected chi connectivity index (χ2v) is 18.7. The summed E-state index contributed by atoms with van der Waals surface area (Å²) in [7, 11) is -4.57. The second-order valence-electron chi connectivity index (χ2n) is 17.3. The Morgan fingerprint density at radius 2 is 0.948 bits per heavy atom. The average Bonchev–Trinajstić information content (AvgIpc) is 3.17. The maximum Gasteiger partial charge on any atom is 0.472 e. The summed E-state index contributed by atoms with van der Waals surface area (Å²) in [5.41, 5.74) is -0.455. The molecule has 11 nitrogen and oxygen atoms in total. The van der Waals surface area contributed by atoms with Gasteiger partial charge in [-0.3, -0.25) is 28.2 Å². The normalized spacial score (nSPS) is 13.2. The number of nitrogens with one attached hydrogen (secondary N) is 1. The molecular weight excluding hydrogens is 757 g/mol. The largest absolute Gasteiger partial charge is 0.472 e. The van der Waals surface area contributed by atoms with Crippen LogP contribution in [0.15, 0.2) is 0 Å². The number of hydrogen-bond donors (Lipinski definition) is 2. The van der Waals surface area contributed by atoms with Crippen molar-refractivity contribution in [2.45, 2.75) is 240 Å². The zero-order chi connectivity index (χ0) is 43.2. The Morgan fingerprint density at radius 3 is 1.38 bits per heavy atom. The predicted molar refractivity (Wildman–Crippen MR) is 235 cm³/mol. The van der Waals surface area contributed by atoms with Crippen molar-refractivity contribution in [1.82, 2.24) is 5.32 Å². The number of ketones is 1. The molecule has 0 radical (unpaired) electrons. The van der Waals surface area contributed by atoms with Crippen LogP contribution in [0.4, 0.5) is 0 Å². The summed E-state index contributed by atoms with van der Waals surface area (Å²) >= 11 is 0. The van der Waals surface area contributed by atoms with Gasteiger partial charge >= 0.3 is 19.8 Å². The van der Waals surface area contributed by atoms with E-state index in [-0.39, 0.29) is 50.7 Å². The van der Waals surface area contributed by atoms with E-state index in [0.29, 0.717) is 25.7 Å². The lowest BCUT2D eigenvalue weighted by Gasteiger charge is -2.20. The lowest BCUT2D eigenvalue weighted by atomic mass is 9.88. The van der Waals surface area contributed by atoms with Crippen LogP contribution in [0, 0.1) is 5.41 Å². The first kappa shape index (κ1) is 56.2. The minimum atomic E-state index is -4.57. The number of carbonyl (C=O) groups is 4. The number of phosphoric acid groups is 1. The highest BCUT2D eigenvalue weighted by Crippen LogP contribution is 2.43. The van der Waals surface area contributed by atoms with Crippen molar-refractivity contribution in [1.29, 1.82) is 0 Å². The third kappa shape index (κ3) is 38.4. The van der Waals surface area contributed by atoms with E-state index in [9.17, 15) is 28.6 Å². The maximum absolute atomic E-state index is 12.7. The Kier molecular flexibility index (Phi) is 36.9. The summed E-state index contributed by atoms with van der Waals surface area (Å²) in [6.45, 7) is 8.87. The minimum Gasteiger partial charge on any atom is -0.462 e. The fourth-order valence-electron chi connectivity index (χ4n) is 6.63. The quantitative estimate of drug-likeness (QED) is 0.0344. The fraction of sp³-hybridized carbons (Fsp3) is 0.913. The number of hydrogen-bond acceptors (Lipinski definition) is 9. The SMILES string of the molecule is CCCCCCCCCCCCCCCC(=O)OCC(COP(=O)(O)OCCNC(=O)CCCC(=O)C(C)(C)C)OC(=O)CCCCCCCCCCCCCCC. The summed E-state index contributed by atoms with van der Waals surface area (Å²) in [5.74, 6) is -1.11. The van der Waals surface area contributed by atoms with Gasteiger partial charge in [-0.1, -0.05) is 189 Å². The number of rotatable bonds is 42. The molecule has 2 N–H and O–H groups in total. The number of Topliss-reactive ketones (excluding diaryl/α,β-unsaturated/α-hetero) is 1. The highest BCUT2D eigenvalue weighted by molar-refractivity contribution is 7.47. The van der Waals surface area contributed by atoms with Crippen molar-refractivity contribution >= 4 is 31.5 Å². The van der Waals surface area contributed by atoms with Crippen molar-refractivity contribution in [3.63, 3.8) is 0 Å². The van der Waals surface area contributed by atoms with E-state index >= 15 is 0 Å². The number of esters is 2. The van der Waals surface area contributed by atoms with Gasteiger partial charge in [-0.05, 0) is 19.3 Å². The van der Waals surface area contributed by atoms with Gasteiger partial charge in [-0.2, -0.15) is 0 Å². The molecule has 1 amide bonds. The molecule has 0 aliphatic carbocycles. The van der Waals surface area contributed by atoms with Crippen LogP contribution >= 0.6 is 7.82 Å². The summed E-state index contributed by atoms with van der Waals surface area (Å²) < 4.78 is 33.7. The number of carbonyl (C=O) groups excluding carboxylic acids is 4. The summed E-state index contributed by atoms with van der Waals surface area (Å²) in [5, 5.41) is 2.60. The Labute approximate surface area is 354 Å². The molecule has 0 heterocycles. The van der Waals surface area contributed by atoms with Gasteiger partial charge in [0.25, 0.3) is 0 Å². The van der Waals surface area contributed by atoms with E-state index in [2.05, 4.69) is 19.2 Å². The first-order valence-electron chi connectivity index (χ1n) is 23.6. The lowest BCUT2D eigenvalue weighted by Crippen LogP contribution is -2.30. The molecule has 0 rings (SSSR count). The Bertz CT molecular complexity index is 1080. The third-order valence-corrected chi connectivity index (χ3v) is 11.4. The fourth-order valence-corrected chi connectivity index (χ4v) is 7.38. The van der Waals surface area contributed by atoms with Gasteiger partial charge in [0.2, 0.25) is 5.91 Å². The van der Waals surface area contributed by atoms with Crippen LogP contribution < -0.4 is 5.32 Å². The van der Waals surface area contributed by atoms with Gasteiger partial charge in [-0.15, -0.1) is 0 Å². The van der Waals surface area contributed by atoms with Gasteiger partial charge in [0, 0.05) is 37.6 Å². The molecule has 2 atom stereocenters. The van der Waals surface area contributed by atoms with E-state index in [1.165, 1.54) is 116 Å². The molecule has 0 bridgehead atoms. The minimum absolute atomic E-state index is 0.0334. The first-order valence-corrected chi connectivity index (χ1v) is 25.1. The van der Waals surface area contributed by atoms with Crippen molar-refractivity contribution in [2.75, 3.05) is 26.4 Å². The van der Waals surface area contributed by atoms with Gasteiger partial charge in [-0.25, -0.2) is 4.57 Å². The Morgan fingerprint density at radius 1 is 0.534 bits per heavy atom. The molecule has 0 saturated carbocycles. The van der Waals surface area contributed by atoms with Gasteiger partial charge in [0.15, 0.2) is 6.10 Å². The van der Waals surface area contributed by atoms with Crippen molar-refractivity contribution in [2.24, 2.45) is 5.41 Å². The van der Waals surface area contributed by atoms with Crippen molar-refractivity contribution in [3.05, 3.63) is 0 Å². The summed E-state index contributed by atoms with van der Waals surface area (Å²) in [4.78, 5) is 59.7. The predicted octanol–water partition coefficient (Wildman–Crippen LogP) is 12.4. The van der Waals surface area contributed by atoms with Gasteiger partial charge < -0.3 is 19.7 Å². The molecular formula is C46H88NO10P. The molecule has 0 spiro atoms. The number of ether oxygens (including phenoxy) is 2. The van der Waals surface area contributed by atoms with Crippen LogP contribution in [0.2, 0.25) is 0 Å². The number of amides is 1. The Balaban J connectivity index is 4.59. The highest BCUT2D eigenvalue weighted by atomic mass is 31.2. The van der Waals surface area contributed by atoms with E-state index in [4.69, 9.17) is 18.5 Å². The van der Waals surface area contributed by atoms with E-state index < -0.39 is 37.9 Å². The number of phosphoric ester groups is 1. The molecule has 0 aromatic heterocycles. The van der Waals surface area contributed by atoms with Crippen LogP contribution in [0.1, 0.15) is 234 Å². The molecule has 0 aliphatic heterocycles. The van der Waals surface area contributed by atoms with Gasteiger partial charge in [0.05, 0.1) is 13.2 Å². The topological polar surface area (TPSA) is 155 Å². The van der Waals surface area contributed by atoms with Crippen LogP contribution in [-0.2, 0) is 42.3 Å². The lowest BCUT2D eigenvalue weighted by molar-refractivity contribution is -0.161. The van der Waals surface area contributed by atoms with Crippen LogP contribution in [0.3, 0.4) is 0 Å². The molecule has 12 heteroatoms. The van der Waals surface area contributed by atoms with E-state index in [1.54, 1.807) is 0 Å². The zero-order valence-electron chi connectivity index (χ0n) is 37.9. The first-order chi connectivity index (χ1) is 27.8. The molecule has 0 aromatic rings. The molecule has 58 heavy (non-hydrogen) atoms. The monoisotopic (exact) mass is 846 g/mol. The van der Waals surface area contributed by atoms with E-state index in [0.717, 1.165) is 38.5 Å². The molecule has 0 fully saturated rings. The van der Waals surface area contributed by atoms with Crippen LogP contribution in [0.25, 0.3) is 0 Å². The van der Waals surface area contributed by atoms with Crippen LogP contribution in [0.5, 0.6) is 0 Å². The molecule has 0 saturated heterocycles. The third-order valence-electron chi connectivity index (χ3n) is 10.4. The molecule has 342 valence electrons. The standard InChI is InChI=1S/C46H88NO10P/c1-6-8-10-12-14-16-18-20-22-24-26-28-30-35-44(50)54-39-41(57-45(51)36-31-29-27-25-23-21-19-17-15-13-11-9-7-2)40-56-58(52,53)55-38-37-47-43(49)34-32-33-42(48)46(3,4)5/h41H,6-40H2,1-5H3,(H,47,49)(H,52,53).